The van der Waals surface area contributed by atoms with Crippen LogP contribution in [-0.4, -0.2) is 50.1 Å². The summed E-state index contributed by atoms with van der Waals surface area (Å²) in [5.74, 6) is 1.13. The molecule has 0 bridgehead atoms. The van der Waals surface area contributed by atoms with Gasteiger partial charge in [0.2, 0.25) is 5.91 Å². The molecule has 110 valence electrons. The number of tetrazole rings is 1. The molecular formula is C13H22N6O. The standard InChI is InChI=1S/C13H22N6O/c1-2-13(20)14-10-5-7-18(8-6-10)9-12-15-16-17-19(12)11-3-4-11/h10-11H,2-9H2,1H3,(H,14,20). The number of carbonyl (C=O) groups is 1. The number of likely N-dealkylation sites (tertiary alicyclic amines) is 1. The van der Waals surface area contributed by atoms with Crippen molar-refractivity contribution < 1.29 is 4.79 Å². The van der Waals surface area contributed by atoms with Crippen LogP contribution in [-0.2, 0) is 11.3 Å². The van der Waals surface area contributed by atoms with Crippen LogP contribution in [0.3, 0.4) is 0 Å². The van der Waals surface area contributed by atoms with Gasteiger partial charge < -0.3 is 5.32 Å². The average molecular weight is 278 g/mol. The number of rotatable bonds is 5. The molecule has 0 spiro atoms. The van der Waals surface area contributed by atoms with Gasteiger partial charge >= 0.3 is 0 Å². The van der Waals surface area contributed by atoms with Gasteiger partial charge in [0, 0.05) is 25.6 Å². The first-order valence-electron chi connectivity index (χ1n) is 7.54. The van der Waals surface area contributed by atoms with Gasteiger partial charge in [-0.3, -0.25) is 9.69 Å². The van der Waals surface area contributed by atoms with Gasteiger partial charge in [0.1, 0.15) is 0 Å². The Morgan fingerprint density at radius 2 is 2.05 bits per heavy atom. The summed E-state index contributed by atoms with van der Waals surface area (Å²) in [5.41, 5.74) is 0. The fraction of sp³-hybridized carbons (Fsp3) is 0.846. The fourth-order valence-corrected chi connectivity index (χ4v) is 2.68. The molecular weight excluding hydrogens is 256 g/mol. The highest BCUT2D eigenvalue weighted by molar-refractivity contribution is 5.75. The predicted molar refractivity (Wildman–Crippen MR) is 72.8 cm³/mol. The molecule has 1 amide bonds. The number of nitrogens with zero attached hydrogens (tertiary/aromatic N) is 5. The summed E-state index contributed by atoms with van der Waals surface area (Å²) in [4.78, 5) is 13.8. The first-order chi connectivity index (χ1) is 9.76. The maximum absolute atomic E-state index is 11.4. The van der Waals surface area contributed by atoms with Crippen molar-refractivity contribution in [3.8, 4) is 0 Å². The Morgan fingerprint density at radius 3 is 2.70 bits per heavy atom. The zero-order chi connectivity index (χ0) is 13.9. The van der Waals surface area contributed by atoms with Crippen molar-refractivity contribution >= 4 is 5.91 Å². The Kier molecular flexibility index (Phi) is 3.95. The van der Waals surface area contributed by atoms with Crippen LogP contribution >= 0.6 is 0 Å². The van der Waals surface area contributed by atoms with Crippen molar-refractivity contribution in [3.63, 3.8) is 0 Å². The van der Waals surface area contributed by atoms with Crippen LogP contribution < -0.4 is 5.32 Å². The number of aromatic nitrogens is 4. The Bertz CT molecular complexity index is 461. The average Bonchev–Trinajstić information content (AvgIpc) is 3.21. The van der Waals surface area contributed by atoms with E-state index in [-0.39, 0.29) is 5.91 Å². The molecule has 7 heteroatoms. The fourth-order valence-electron chi connectivity index (χ4n) is 2.68. The van der Waals surface area contributed by atoms with Gasteiger partial charge in [-0.05, 0) is 36.1 Å². The Morgan fingerprint density at radius 1 is 1.30 bits per heavy atom. The van der Waals surface area contributed by atoms with Crippen LogP contribution in [0.5, 0.6) is 0 Å². The van der Waals surface area contributed by atoms with E-state index >= 15 is 0 Å². The molecule has 2 fully saturated rings. The van der Waals surface area contributed by atoms with E-state index in [4.69, 9.17) is 0 Å². The lowest BCUT2D eigenvalue weighted by Crippen LogP contribution is -2.44. The molecule has 1 aromatic heterocycles. The van der Waals surface area contributed by atoms with Crippen molar-refractivity contribution in [2.24, 2.45) is 0 Å². The number of nitrogens with one attached hydrogen (secondary N) is 1. The van der Waals surface area contributed by atoms with Crippen molar-refractivity contribution in [3.05, 3.63) is 5.82 Å². The van der Waals surface area contributed by atoms with Gasteiger partial charge in [0.25, 0.3) is 0 Å². The molecule has 3 rings (SSSR count). The molecule has 1 saturated heterocycles. The zero-order valence-corrected chi connectivity index (χ0v) is 12.0. The van der Waals surface area contributed by atoms with Gasteiger partial charge in [0.05, 0.1) is 12.6 Å². The molecule has 7 nitrogen and oxygen atoms in total. The van der Waals surface area contributed by atoms with Crippen LogP contribution in [0, 0.1) is 0 Å². The highest BCUT2D eigenvalue weighted by Gasteiger charge is 2.29. The van der Waals surface area contributed by atoms with Gasteiger partial charge in [-0.15, -0.1) is 5.10 Å². The molecule has 1 aliphatic carbocycles. The smallest absolute Gasteiger partial charge is 0.219 e. The zero-order valence-electron chi connectivity index (χ0n) is 12.0. The number of hydrogen-bond acceptors (Lipinski definition) is 5. The van der Waals surface area contributed by atoms with Crippen LogP contribution in [0.4, 0.5) is 0 Å². The SMILES string of the molecule is CCC(=O)NC1CCN(Cc2nnnn2C2CC2)CC1. The minimum absolute atomic E-state index is 0.154. The molecule has 20 heavy (non-hydrogen) atoms. The molecule has 0 unspecified atom stereocenters. The van der Waals surface area contributed by atoms with Crippen LogP contribution in [0.1, 0.15) is 50.9 Å². The van der Waals surface area contributed by atoms with Gasteiger partial charge in [-0.25, -0.2) is 4.68 Å². The number of hydrogen-bond donors (Lipinski definition) is 1. The van der Waals surface area contributed by atoms with E-state index in [2.05, 4.69) is 25.7 Å². The largest absolute Gasteiger partial charge is 0.353 e. The number of carbonyl (C=O) groups excluding carboxylic acids is 1. The third-order valence-corrected chi connectivity index (χ3v) is 4.09. The molecule has 2 aliphatic rings. The monoisotopic (exact) mass is 278 g/mol. The first-order valence-corrected chi connectivity index (χ1v) is 7.54. The minimum Gasteiger partial charge on any atom is -0.353 e. The molecule has 1 saturated carbocycles. The van der Waals surface area contributed by atoms with E-state index in [9.17, 15) is 4.79 Å². The van der Waals surface area contributed by atoms with Crippen LogP contribution in [0.2, 0.25) is 0 Å². The van der Waals surface area contributed by atoms with Crippen molar-refractivity contribution in [2.75, 3.05) is 13.1 Å². The third-order valence-electron chi connectivity index (χ3n) is 4.09. The number of piperidine rings is 1. The Balaban J connectivity index is 1.48. The van der Waals surface area contributed by atoms with Crippen molar-refractivity contribution in [1.82, 2.24) is 30.4 Å². The molecule has 0 atom stereocenters. The second-order valence-electron chi connectivity index (χ2n) is 5.74. The highest BCUT2D eigenvalue weighted by atomic mass is 16.1. The lowest BCUT2D eigenvalue weighted by molar-refractivity contribution is -0.121. The van der Waals surface area contributed by atoms with Crippen LogP contribution in [0.15, 0.2) is 0 Å². The van der Waals surface area contributed by atoms with E-state index in [1.54, 1.807) is 0 Å². The normalized spacial score (nSPS) is 21.1. The van der Waals surface area contributed by atoms with Gasteiger partial charge in [-0.1, -0.05) is 6.92 Å². The summed E-state index contributed by atoms with van der Waals surface area (Å²) >= 11 is 0. The predicted octanol–water partition coefficient (Wildman–Crippen LogP) is 0.499. The summed E-state index contributed by atoms with van der Waals surface area (Å²) in [7, 11) is 0. The van der Waals surface area contributed by atoms with Crippen molar-refractivity contribution in [1.29, 1.82) is 0 Å². The molecule has 1 aliphatic heterocycles. The lowest BCUT2D eigenvalue weighted by atomic mass is 10.0. The number of amides is 1. The minimum atomic E-state index is 0.154. The molecule has 1 aromatic rings. The van der Waals surface area contributed by atoms with Gasteiger partial charge in [0.15, 0.2) is 5.82 Å². The second kappa shape index (κ2) is 5.87. The lowest BCUT2D eigenvalue weighted by Gasteiger charge is -2.31. The molecule has 2 heterocycles. The maximum atomic E-state index is 11.4. The van der Waals surface area contributed by atoms with E-state index in [0.717, 1.165) is 38.3 Å². The quantitative estimate of drug-likeness (QED) is 0.848. The summed E-state index contributed by atoms with van der Waals surface area (Å²) in [6, 6.07) is 0.861. The van der Waals surface area contributed by atoms with Gasteiger partial charge in [-0.2, -0.15) is 0 Å². The van der Waals surface area contributed by atoms with E-state index in [1.807, 2.05) is 11.6 Å². The summed E-state index contributed by atoms with van der Waals surface area (Å²) in [5, 5.41) is 15.1. The molecule has 0 radical (unpaired) electrons. The van der Waals surface area contributed by atoms with Crippen LogP contribution in [0.25, 0.3) is 0 Å². The first kappa shape index (κ1) is 13.5. The van der Waals surface area contributed by atoms with E-state index < -0.39 is 0 Å². The Hall–Kier alpha value is -1.50. The van der Waals surface area contributed by atoms with Crippen molar-refractivity contribution in [2.45, 2.75) is 57.7 Å². The highest BCUT2D eigenvalue weighted by Crippen LogP contribution is 2.34. The maximum Gasteiger partial charge on any atom is 0.219 e. The second-order valence-corrected chi connectivity index (χ2v) is 5.74. The van der Waals surface area contributed by atoms with E-state index in [0.29, 0.717) is 18.5 Å². The third kappa shape index (κ3) is 3.15. The summed E-state index contributed by atoms with van der Waals surface area (Å²) < 4.78 is 1.98. The molecule has 0 aromatic carbocycles. The van der Waals surface area contributed by atoms with E-state index in [1.165, 1.54) is 12.8 Å². The molecule has 1 N–H and O–H groups in total. The summed E-state index contributed by atoms with van der Waals surface area (Å²) in [6.07, 6.45) is 4.98. The Labute approximate surface area is 118 Å². The summed E-state index contributed by atoms with van der Waals surface area (Å²) in [6.45, 7) is 4.69. The topological polar surface area (TPSA) is 75.9 Å².